The molecule has 1 heterocycles. The van der Waals surface area contributed by atoms with Gasteiger partial charge in [0.2, 0.25) is 0 Å². The highest BCUT2D eigenvalue weighted by atomic mass is 14.6. The van der Waals surface area contributed by atoms with Crippen molar-refractivity contribution in [2.45, 2.75) is 6.92 Å². The molecule has 1 aromatic carbocycles. The second-order valence-electron chi connectivity index (χ2n) is 3.03. The molecule has 0 spiro atoms. The molecular formula is C11H8N2. The zero-order valence-corrected chi connectivity index (χ0v) is 7.28. The van der Waals surface area contributed by atoms with Crippen LogP contribution in [0.3, 0.4) is 0 Å². The van der Waals surface area contributed by atoms with Crippen molar-refractivity contribution >= 4 is 10.9 Å². The predicted octanol–water partition coefficient (Wildman–Crippen LogP) is 2.41. The number of hydrogen-bond acceptors (Lipinski definition) is 2. The minimum Gasteiger partial charge on any atom is -0.255 e. The van der Waals surface area contributed by atoms with Gasteiger partial charge in [-0.15, -0.1) is 0 Å². The molecule has 0 amide bonds. The number of hydrogen-bond donors (Lipinski definition) is 0. The average molecular weight is 168 g/mol. The molecule has 0 unspecified atom stereocenters. The summed E-state index contributed by atoms with van der Waals surface area (Å²) in [6.07, 6.45) is 1.60. The van der Waals surface area contributed by atoms with E-state index in [1.807, 2.05) is 31.2 Å². The Morgan fingerprint density at radius 1 is 1.31 bits per heavy atom. The smallest absolute Gasteiger partial charge is 0.101 e. The normalized spacial score (nSPS) is 9.85. The number of pyridine rings is 1. The fraction of sp³-hybridized carbons (Fsp3) is 0.0909. The molecule has 2 rings (SSSR count). The molecule has 0 saturated carbocycles. The summed E-state index contributed by atoms with van der Waals surface area (Å²) in [6, 6.07) is 9.93. The van der Waals surface area contributed by atoms with Crippen molar-refractivity contribution in [3.8, 4) is 6.07 Å². The fourth-order valence-electron chi connectivity index (χ4n) is 1.29. The summed E-state index contributed by atoms with van der Waals surface area (Å²) in [5.41, 5.74) is 2.74. The number of aromatic nitrogens is 1. The first-order chi connectivity index (χ1) is 6.29. The van der Waals surface area contributed by atoms with Crippen molar-refractivity contribution in [1.29, 1.82) is 5.26 Å². The van der Waals surface area contributed by atoms with E-state index < -0.39 is 0 Å². The maximum absolute atomic E-state index is 8.66. The molecule has 0 bridgehead atoms. The second-order valence-corrected chi connectivity index (χ2v) is 3.03. The van der Waals surface area contributed by atoms with E-state index in [4.69, 9.17) is 5.26 Å². The number of aryl methyl sites for hydroxylation is 1. The van der Waals surface area contributed by atoms with Crippen molar-refractivity contribution in [3.63, 3.8) is 0 Å². The molecule has 2 aromatic rings. The van der Waals surface area contributed by atoms with E-state index in [2.05, 4.69) is 11.1 Å². The average Bonchev–Trinajstić information content (AvgIpc) is 2.17. The first-order valence-corrected chi connectivity index (χ1v) is 4.06. The third-order valence-corrected chi connectivity index (χ3v) is 1.97. The van der Waals surface area contributed by atoms with E-state index in [1.165, 1.54) is 5.56 Å². The Kier molecular flexibility index (Phi) is 1.71. The first kappa shape index (κ1) is 7.75. The van der Waals surface area contributed by atoms with Crippen molar-refractivity contribution < 1.29 is 0 Å². The highest BCUT2D eigenvalue weighted by molar-refractivity contribution is 5.80. The molecule has 62 valence electrons. The van der Waals surface area contributed by atoms with Gasteiger partial charge in [-0.05, 0) is 24.6 Å². The van der Waals surface area contributed by atoms with Crippen LogP contribution in [0.4, 0.5) is 0 Å². The van der Waals surface area contributed by atoms with Gasteiger partial charge in [0.25, 0.3) is 0 Å². The molecule has 0 radical (unpaired) electrons. The van der Waals surface area contributed by atoms with Crippen LogP contribution in [0.25, 0.3) is 10.9 Å². The lowest BCUT2D eigenvalue weighted by Crippen LogP contribution is -1.82. The molecule has 13 heavy (non-hydrogen) atoms. The van der Waals surface area contributed by atoms with Crippen LogP contribution in [0.2, 0.25) is 0 Å². The standard InChI is InChI=1S/C11H8N2/c1-8-2-3-10-5-9(6-12)7-13-11(10)4-8/h2-5,7H,1H3. The molecule has 0 aliphatic heterocycles. The molecular weight excluding hydrogens is 160 g/mol. The van der Waals surface area contributed by atoms with Crippen molar-refractivity contribution in [1.82, 2.24) is 4.98 Å². The summed E-state index contributed by atoms with van der Waals surface area (Å²) in [5, 5.41) is 9.68. The summed E-state index contributed by atoms with van der Waals surface area (Å²) < 4.78 is 0. The van der Waals surface area contributed by atoms with E-state index in [0.29, 0.717) is 5.56 Å². The Balaban J connectivity index is 2.75. The molecule has 0 aliphatic carbocycles. The summed E-state index contributed by atoms with van der Waals surface area (Å²) in [6.45, 7) is 2.03. The van der Waals surface area contributed by atoms with Crippen molar-refractivity contribution in [3.05, 3.63) is 41.6 Å². The summed E-state index contributed by atoms with van der Waals surface area (Å²) in [4.78, 5) is 4.19. The summed E-state index contributed by atoms with van der Waals surface area (Å²) in [5.74, 6) is 0. The van der Waals surface area contributed by atoms with Gasteiger partial charge >= 0.3 is 0 Å². The Morgan fingerprint density at radius 3 is 2.92 bits per heavy atom. The Hall–Kier alpha value is -1.88. The van der Waals surface area contributed by atoms with Crippen LogP contribution in [0.15, 0.2) is 30.5 Å². The monoisotopic (exact) mass is 168 g/mol. The third kappa shape index (κ3) is 1.36. The van der Waals surface area contributed by atoms with E-state index >= 15 is 0 Å². The first-order valence-electron chi connectivity index (χ1n) is 4.06. The maximum Gasteiger partial charge on any atom is 0.101 e. The number of rotatable bonds is 0. The zero-order valence-electron chi connectivity index (χ0n) is 7.28. The predicted molar refractivity (Wildman–Crippen MR) is 51.2 cm³/mol. The van der Waals surface area contributed by atoms with E-state index in [9.17, 15) is 0 Å². The van der Waals surface area contributed by atoms with Gasteiger partial charge in [-0.25, -0.2) is 0 Å². The van der Waals surface area contributed by atoms with Crippen molar-refractivity contribution in [2.75, 3.05) is 0 Å². The van der Waals surface area contributed by atoms with Crippen LogP contribution >= 0.6 is 0 Å². The van der Waals surface area contributed by atoms with Gasteiger partial charge in [-0.1, -0.05) is 12.1 Å². The van der Waals surface area contributed by atoms with Gasteiger partial charge in [0.05, 0.1) is 11.1 Å². The minimum absolute atomic E-state index is 0.608. The van der Waals surface area contributed by atoms with Crippen LogP contribution in [0, 0.1) is 18.3 Å². The Labute approximate surface area is 76.5 Å². The number of nitrogens with zero attached hydrogens (tertiary/aromatic N) is 2. The lowest BCUT2D eigenvalue weighted by Gasteiger charge is -1.97. The van der Waals surface area contributed by atoms with Crippen LogP contribution in [-0.4, -0.2) is 4.98 Å². The quantitative estimate of drug-likeness (QED) is 0.605. The van der Waals surface area contributed by atoms with Gasteiger partial charge in [-0.2, -0.15) is 5.26 Å². The maximum atomic E-state index is 8.66. The largest absolute Gasteiger partial charge is 0.255 e. The molecule has 2 nitrogen and oxygen atoms in total. The summed E-state index contributed by atoms with van der Waals surface area (Å²) in [7, 11) is 0. The lowest BCUT2D eigenvalue weighted by atomic mass is 10.1. The van der Waals surface area contributed by atoms with E-state index in [0.717, 1.165) is 10.9 Å². The molecule has 0 atom stereocenters. The van der Waals surface area contributed by atoms with Crippen LogP contribution in [-0.2, 0) is 0 Å². The molecule has 1 aromatic heterocycles. The number of nitriles is 1. The van der Waals surface area contributed by atoms with Crippen LogP contribution < -0.4 is 0 Å². The van der Waals surface area contributed by atoms with E-state index in [-0.39, 0.29) is 0 Å². The molecule has 0 N–H and O–H groups in total. The van der Waals surface area contributed by atoms with Crippen LogP contribution in [0.1, 0.15) is 11.1 Å². The van der Waals surface area contributed by atoms with Gasteiger partial charge in [0.1, 0.15) is 6.07 Å². The van der Waals surface area contributed by atoms with Gasteiger partial charge in [-0.3, -0.25) is 4.98 Å². The van der Waals surface area contributed by atoms with Crippen molar-refractivity contribution in [2.24, 2.45) is 0 Å². The fourth-order valence-corrected chi connectivity index (χ4v) is 1.29. The SMILES string of the molecule is Cc1ccc2cc(C#N)cnc2c1. The third-order valence-electron chi connectivity index (χ3n) is 1.97. The van der Waals surface area contributed by atoms with E-state index in [1.54, 1.807) is 6.20 Å². The molecule has 0 aliphatic rings. The number of benzene rings is 1. The highest BCUT2D eigenvalue weighted by Crippen LogP contribution is 2.14. The lowest BCUT2D eigenvalue weighted by molar-refractivity contribution is 1.36. The summed E-state index contributed by atoms with van der Waals surface area (Å²) >= 11 is 0. The molecule has 0 fully saturated rings. The Bertz CT molecular complexity index is 495. The zero-order chi connectivity index (χ0) is 9.26. The number of fused-ring (bicyclic) bond motifs is 1. The highest BCUT2D eigenvalue weighted by Gasteiger charge is 1.96. The van der Waals surface area contributed by atoms with Gasteiger partial charge in [0.15, 0.2) is 0 Å². The molecule has 2 heteroatoms. The Morgan fingerprint density at radius 2 is 2.15 bits per heavy atom. The minimum atomic E-state index is 0.608. The van der Waals surface area contributed by atoms with Crippen LogP contribution in [0.5, 0.6) is 0 Å². The second kappa shape index (κ2) is 2.87. The topological polar surface area (TPSA) is 36.7 Å². The van der Waals surface area contributed by atoms with Gasteiger partial charge in [0, 0.05) is 11.6 Å². The molecule has 0 saturated heterocycles. The van der Waals surface area contributed by atoms with Gasteiger partial charge < -0.3 is 0 Å².